The largest absolute Gasteiger partial charge is 0.331 e. The number of nitrogens with zero attached hydrogens (tertiary/aromatic N) is 1. The van der Waals surface area contributed by atoms with E-state index in [9.17, 15) is 0 Å². The van der Waals surface area contributed by atoms with Crippen molar-refractivity contribution >= 4 is 10.9 Å². The number of hydrogen-bond donors (Lipinski definition) is 1. The van der Waals surface area contributed by atoms with Gasteiger partial charge in [0.2, 0.25) is 0 Å². The third-order valence-electron chi connectivity index (χ3n) is 4.39. The molecule has 0 amide bonds. The maximum atomic E-state index is 3.56. The molecule has 17 heavy (non-hydrogen) atoms. The van der Waals surface area contributed by atoms with Gasteiger partial charge in [-0.25, -0.2) is 0 Å². The molecule has 1 aliphatic heterocycles. The first-order chi connectivity index (χ1) is 8.34. The second-order valence-corrected chi connectivity index (χ2v) is 5.51. The van der Waals surface area contributed by atoms with Crippen molar-refractivity contribution < 1.29 is 0 Å². The summed E-state index contributed by atoms with van der Waals surface area (Å²) in [6.07, 6.45) is 3.99. The van der Waals surface area contributed by atoms with Gasteiger partial charge in [-0.3, -0.25) is 5.32 Å². The zero-order valence-corrected chi connectivity index (χ0v) is 10.3. The van der Waals surface area contributed by atoms with Crippen molar-refractivity contribution in [2.45, 2.75) is 38.8 Å². The van der Waals surface area contributed by atoms with Crippen LogP contribution in [0.1, 0.15) is 35.6 Å². The average Bonchev–Trinajstić information content (AvgIpc) is 2.67. The van der Waals surface area contributed by atoms with Crippen molar-refractivity contribution in [2.75, 3.05) is 6.54 Å². The van der Waals surface area contributed by atoms with Crippen molar-refractivity contribution in [2.24, 2.45) is 0 Å². The number of aromatic nitrogens is 1. The summed E-state index contributed by atoms with van der Waals surface area (Å²) in [5.41, 5.74) is 6.09. The molecule has 0 unspecified atom stereocenters. The van der Waals surface area contributed by atoms with Crippen molar-refractivity contribution in [1.82, 2.24) is 9.88 Å². The van der Waals surface area contributed by atoms with E-state index in [0.717, 1.165) is 12.6 Å². The van der Waals surface area contributed by atoms with Crippen LogP contribution in [0.15, 0.2) is 18.2 Å². The van der Waals surface area contributed by atoms with E-state index in [0.29, 0.717) is 0 Å². The summed E-state index contributed by atoms with van der Waals surface area (Å²) in [5, 5.41) is 5.07. The van der Waals surface area contributed by atoms with Crippen LogP contribution in [0.25, 0.3) is 10.9 Å². The molecule has 4 rings (SSSR count). The fraction of sp³-hybridized carbons (Fsp3) is 0.467. The van der Waals surface area contributed by atoms with Crippen LogP contribution < -0.4 is 5.32 Å². The predicted molar refractivity (Wildman–Crippen MR) is 70.4 cm³/mol. The molecule has 0 spiro atoms. The quantitative estimate of drug-likeness (QED) is 0.731. The lowest BCUT2D eigenvalue weighted by atomic mass is 9.86. The molecule has 1 aromatic carbocycles. The van der Waals surface area contributed by atoms with E-state index in [1.165, 1.54) is 42.3 Å². The van der Waals surface area contributed by atoms with Gasteiger partial charge in [0.25, 0.3) is 0 Å². The maximum absolute atomic E-state index is 3.56. The molecule has 2 aliphatic rings. The minimum absolute atomic E-state index is 0.750. The molecular weight excluding hydrogens is 208 g/mol. The molecule has 2 nitrogen and oxygen atoms in total. The third kappa shape index (κ3) is 1.25. The van der Waals surface area contributed by atoms with Crippen LogP contribution in [0.4, 0.5) is 0 Å². The third-order valence-corrected chi connectivity index (χ3v) is 4.39. The van der Waals surface area contributed by atoms with Gasteiger partial charge in [-0.05, 0) is 43.9 Å². The van der Waals surface area contributed by atoms with Crippen LogP contribution in [0.2, 0.25) is 0 Å². The topological polar surface area (TPSA) is 17.0 Å². The first-order valence-corrected chi connectivity index (χ1v) is 6.67. The van der Waals surface area contributed by atoms with Crippen molar-refractivity contribution in [3.8, 4) is 0 Å². The van der Waals surface area contributed by atoms with E-state index < -0.39 is 0 Å². The molecule has 0 saturated heterocycles. The molecule has 0 fully saturated rings. The number of fused-ring (bicyclic) bond motifs is 3. The Morgan fingerprint density at radius 2 is 2.29 bits per heavy atom. The Morgan fingerprint density at radius 1 is 1.35 bits per heavy atom. The molecule has 1 atom stereocenters. The fourth-order valence-corrected chi connectivity index (χ4v) is 3.67. The van der Waals surface area contributed by atoms with E-state index in [1.807, 2.05) is 0 Å². The standard InChI is InChI=1S/C15H18N2/c1-10-5-6-14-13(7-10)12-4-2-3-11-8-16-9-17(14)15(11)12/h5-7,11,16H,2-4,8-9H2,1H3/t11-/m0/s1. The van der Waals surface area contributed by atoms with E-state index >= 15 is 0 Å². The smallest absolute Gasteiger partial charge is 0.0729 e. The zero-order chi connectivity index (χ0) is 11.4. The van der Waals surface area contributed by atoms with Gasteiger partial charge >= 0.3 is 0 Å². The Balaban J connectivity index is 2.11. The monoisotopic (exact) mass is 226 g/mol. The minimum atomic E-state index is 0.750. The van der Waals surface area contributed by atoms with Crippen molar-refractivity contribution in [1.29, 1.82) is 0 Å². The molecule has 2 heterocycles. The number of nitrogens with one attached hydrogen (secondary N) is 1. The summed E-state index contributed by atoms with van der Waals surface area (Å²) in [4.78, 5) is 0. The van der Waals surface area contributed by atoms with Crippen LogP contribution in [-0.4, -0.2) is 11.1 Å². The van der Waals surface area contributed by atoms with Gasteiger partial charge in [-0.1, -0.05) is 11.6 Å². The number of rotatable bonds is 0. The van der Waals surface area contributed by atoms with Gasteiger partial charge in [0.1, 0.15) is 0 Å². The average molecular weight is 226 g/mol. The predicted octanol–water partition coefficient (Wildman–Crippen LogP) is 2.93. The van der Waals surface area contributed by atoms with Crippen LogP contribution in [0.3, 0.4) is 0 Å². The first-order valence-electron chi connectivity index (χ1n) is 6.67. The summed E-state index contributed by atoms with van der Waals surface area (Å²) in [7, 11) is 0. The molecule has 2 aromatic rings. The van der Waals surface area contributed by atoms with Gasteiger partial charge in [-0.15, -0.1) is 0 Å². The zero-order valence-electron chi connectivity index (χ0n) is 10.3. The second-order valence-electron chi connectivity index (χ2n) is 5.51. The highest BCUT2D eigenvalue weighted by molar-refractivity contribution is 5.87. The van der Waals surface area contributed by atoms with Gasteiger partial charge < -0.3 is 4.57 Å². The van der Waals surface area contributed by atoms with Gasteiger partial charge in [-0.2, -0.15) is 0 Å². The van der Waals surface area contributed by atoms with Gasteiger partial charge in [0.05, 0.1) is 6.67 Å². The highest BCUT2D eigenvalue weighted by atomic mass is 15.2. The number of hydrogen-bond acceptors (Lipinski definition) is 1. The van der Waals surface area contributed by atoms with Gasteiger partial charge in [0, 0.05) is 29.1 Å². The second kappa shape index (κ2) is 3.36. The minimum Gasteiger partial charge on any atom is -0.331 e. The lowest BCUT2D eigenvalue weighted by molar-refractivity contribution is 0.402. The molecule has 0 radical (unpaired) electrons. The van der Waals surface area contributed by atoms with Crippen LogP contribution >= 0.6 is 0 Å². The molecular formula is C15H18N2. The van der Waals surface area contributed by atoms with Gasteiger partial charge in [0.15, 0.2) is 0 Å². The maximum Gasteiger partial charge on any atom is 0.0729 e. The summed E-state index contributed by atoms with van der Waals surface area (Å²) < 4.78 is 2.51. The Bertz CT molecular complexity index is 592. The van der Waals surface area contributed by atoms with E-state index in [4.69, 9.17) is 0 Å². The fourth-order valence-electron chi connectivity index (χ4n) is 3.67. The Kier molecular flexibility index (Phi) is 1.92. The molecule has 88 valence electrons. The molecule has 1 aromatic heterocycles. The Hall–Kier alpha value is -1.28. The normalized spacial score (nSPS) is 22.8. The Labute approximate surface area is 102 Å². The van der Waals surface area contributed by atoms with E-state index in [-0.39, 0.29) is 0 Å². The lowest BCUT2D eigenvalue weighted by Gasteiger charge is -2.30. The Morgan fingerprint density at radius 3 is 3.24 bits per heavy atom. The SMILES string of the molecule is Cc1ccc2c(c1)c1c3n2CNC[C@@H]3CCC1. The molecule has 2 heteroatoms. The van der Waals surface area contributed by atoms with E-state index in [1.54, 1.807) is 11.3 Å². The molecule has 0 bridgehead atoms. The van der Waals surface area contributed by atoms with E-state index in [2.05, 4.69) is 35.0 Å². The van der Waals surface area contributed by atoms with Crippen LogP contribution in [0, 0.1) is 6.92 Å². The highest BCUT2D eigenvalue weighted by Crippen LogP contribution is 2.39. The highest BCUT2D eigenvalue weighted by Gasteiger charge is 2.29. The summed E-state index contributed by atoms with van der Waals surface area (Å²) in [6.45, 7) is 4.36. The van der Waals surface area contributed by atoms with Crippen molar-refractivity contribution in [3.63, 3.8) is 0 Å². The summed E-state index contributed by atoms with van der Waals surface area (Å²) >= 11 is 0. The lowest BCUT2D eigenvalue weighted by Crippen LogP contribution is -2.34. The van der Waals surface area contributed by atoms with Crippen molar-refractivity contribution in [3.05, 3.63) is 35.0 Å². The summed E-state index contributed by atoms with van der Waals surface area (Å²) in [5.74, 6) is 0.750. The molecule has 0 saturated carbocycles. The summed E-state index contributed by atoms with van der Waals surface area (Å²) in [6, 6.07) is 6.91. The molecule has 1 aliphatic carbocycles. The van der Waals surface area contributed by atoms with Crippen LogP contribution in [0.5, 0.6) is 0 Å². The first kappa shape index (κ1) is 9.72. The number of aryl methyl sites for hydroxylation is 2. The molecule has 1 N–H and O–H groups in total. The van der Waals surface area contributed by atoms with Crippen LogP contribution in [-0.2, 0) is 13.1 Å². The number of benzene rings is 1.